The van der Waals surface area contributed by atoms with Gasteiger partial charge in [-0.2, -0.15) is 0 Å². The number of hydrogen-bond donors (Lipinski definition) is 1. The molecule has 0 fully saturated rings. The van der Waals surface area contributed by atoms with Gasteiger partial charge in [0.1, 0.15) is 0 Å². The first-order chi connectivity index (χ1) is 1.73. The third-order valence-electron chi connectivity index (χ3n) is 0. The van der Waals surface area contributed by atoms with Gasteiger partial charge in [0, 0.05) is 0 Å². The van der Waals surface area contributed by atoms with Crippen LogP contribution in [0.3, 0.4) is 0 Å². The molecule has 3 N–H and O–H groups in total. The summed E-state index contributed by atoms with van der Waals surface area (Å²) in [5, 5.41) is 0. The molecule has 0 saturated heterocycles. The SMILES string of the molecule is CI(C)C.N. The Morgan fingerprint density at radius 2 is 1.00 bits per heavy atom. The van der Waals surface area contributed by atoms with Crippen LogP contribution >= 0.6 is 19.8 Å². The molecule has 2 heteroatoms. The van der Waals surface area contributed by atoms with Crippen molar-refractivity contribution in [1.82, 2.24) is 6.15 Å². The van der Waals surface area contributed by atoms with Crippen LogP contribution in [-0.4, -0.2) is 14.8 Å². The Hall–Kier alpha value is 0.690. The summed E-state index contributed by atoms with van der Waals surface area (Å²) in [6, 6.07) is 0. The van der Waals surface area contributed by atoms with Gasteiger partial charge in [0.05, 0.1) is 0 Å². The van der Waals surface area contributed by atoms with Gasteiger partial charge in [-0.3, -0.25) is 0 Å². The molecule has 0 rings (SSSR count). The molecule has 5 heavy (non-hydrogen) atoms. The van der Waals surface area contributed by atoms with E-state index in [1.807, 2.05) is 0 Å². The van der Waals surface area contributed by atoms with Gasteiger partial charge in [-0.1, -0.05) is 0 Å². The van der Waals surface area contributed by atoms with Crippen molar-refractivity contribution in [3.8, 4) is 0 Å². The Morgan fingerprint density at radius 1 is 1.00 bits per heavy atom. The second-order valence-electron chi connectivity index (χ2n) is 1.13. The quantitative estimate of drug-likeness (QED) is 0.455. The Balaban J connectivity index is 0. The van der Waals surface area contributed by atoms with Crippen molar-refractivity contribution < 1.29 is 0 Å². The topological polar surface area (TPSA) is 35.0 Å². The number of hydrogen-bond acceptors (Lipinski definition) is 1. The summed E-state index contributed by atoms with van der Waals surface area (Å²) < 4.78 is 0. The van der Waals surface area contributed by atoms with Gasteiger partial charge in [0.25, 0.3) is 0 Å². The molecule has 0 spiro atoms. The fraction of sp³-hybridized carbons (Fsp3) is 1.00. The average Bonchev–Trinajstić information content (AvgIpc) is 0.811. The van der Waals surface area contributed by atoms with Gasteiger partial charge in [-0.15, -0.1) is 0 Å². The molecule has 0 aliphatic rings. The molecule has 0 aromatic heterocycles. The van der Waals surface area contributed by atoms with Crippen molar-refractivity contribution in [1.29, 1.82) is 0 Å². The van der Waals surface area contributed by atoms with Crippen LogP contribution in [0.25, 0.3) is 0 Å². The first-order valence-electron chi connectivity index (χ1n) is 1.13. The van der Waals surface area contributed by atoms with Crippen LogP contribution in [0.5, 0.6) is 0 Å². The molecule has 0 aromatic rings. The van der Waals surface area contributed by atoms with Crippen molar-refractivity contribution in [2.45, 2.75) is 0 Å². The predicted molar refractivity (Wildman–Crippen MR) is 36.8 cm³/mol. The van der Waals surface area contributed by atoms with Gasteiger partial charge >= 0.3 is 34.6 Å². The van der Waals surface area contributed by atoms with Gasteiger partial charge in [-0.25, -0.2) is 0 Å². The maximum atomic E-state index is 2.32. The van der Waals surface area contributed by atoms with Gasteiger partial charge in [-0.05, 0) is 0 Å². The van der Waals surface area contributed by atoms with Crippen LogP contribution in [0.15, 0.2) is 0 Å². The second-order valence-corrected chi connectivity index (χ2v) is 7.61. The largest absolute Gasteiger partial charge is 0.344 e. The van der Waals surface area contributed by atoms with E-state index in [2.05, 4.69) is 14.8 Å². The Bertz CT molecular complexity index is 11.6. The van der Waals surface area contributed by atoms with Crippen molar-refractivity contribution in [2.75, 3.05) is 14.8 Å². The summed E-state index contributed by atoms with van der Waals surface area (Å²) in [5.41, 5.74) is 0. The van der Waals surface area contributed by atoms with E-state index in [1.165, 1.54) is 0 Å². The van der Waals surface area contributed by atoms with Crippen LogP contribution in [0.1, 0.15) is 0 Å². The van der Waals surface area contributed by atoms with Crippen LogP contribution in [-0.2, 0) is 0 Å². The zero-order valence-corrected chi connectivity index (χ0v) is 6.24. The number of alkyl halides is 3. The molecule has 0 aliphatic carbocycles. The Morgan fingerprint density at radius 3 is 1.00 bits per heavy atom. The third-order valence-corrected chi connectivity index (χ3v) is 0. The minimum absolute atomic E-state index is 0. The monoisotopic (exact) mass is 189 g/mol. The Kier molecular flexibility index (Phi) is 8.62. The molecule has 36 valence electrons. The zero-order valence-electron chi connectivity index (χ0n) is 4.09. The van der Waals surface area contributed by atoms with E-state index in [0.29, 0.717) is 0 Å². The molecular formula is C3H12IN. The molecule has 0 radical (unpaired) electrons. The summed E-state index contributed by atoms with van der Waals surface area (Å²) in [5.74, 6) is 0. The second kappa shape index (κ2) is 4.69. The van der Waals surface area contributed by atoms with Crippen LogP contribution in [0, 0.1) is 0 Å². The van der Waals surface area contributed by atoms with Gasteiger partial charge < -0.3 is 6.15 Å². The van der Waals surface area contributed by atoms with Crippen LogP contribution in [0.2, 0.25) is 0 Å². The normalized spacial score (nSPS) is 9.00. The molecule has 1 nitrogen and oxygen atoms in total. The van der Waals surface area contributed by atoms with Crippen molar-refractivity contribution in [2.24, 2.45) is 0 Å². The van der Waals surface area contributed by atoms with E-state index in [1.54, 1.807) is 0 Å². The molecular weight excluding hydrogens is 177 g/mol. The van der Waals surface area contributed by atoms with E-state index >= 15 is 0 Å². The van der Waals surface area contributed by atoms with Gasteiger partial charge in [0.15, 0.2) is 0 Å². The smallest absolute Gasteiger partial charge is 0.344 e. The summed E-state index contributed by atoms with van der Waals surface area (Å²) >= 11 is -0.263. The molecule has 0 bridgehead atoms. The summed E-state index contributed by atoms with van der Waals surface area (Å²) in [6.07, 6.45) is 0. The molecule has 0 atom stereocenters. The van der Waals surface area contributed by atoms with Crippen LogP contribution in [0.4, 0.5) is 0 Å². The standard InChI is InChI=1S/C3H9I.H3N/c1-4(2)3;/h1-3H3;1H3. The van der Waals surface area contributed by atoms with Crippen molar-refractivity contribution >= 4 is 19.8 Å². The first-order valence-corrected chi connectivity index (χ1v) is 7.61. The van der Waals surface area contributed by atoms with E-state index < -0.39 is 0 Å². The van der Waals surface area contributed by atoms with Crippen LogP contribution < -0.4 is 6.15 Å². The molecule has 0 unspecified atom stereocenters. The van der Waals surface area contributed by atoms with E-state index in [0.717, 1.165) is 0 Å². The molecule has 0 aromatic carbocycles. The van der Waals surface area contributed by atoms with Crippen molar-refractivity contribution in [3.63, 3.8) is 0 Å². The van der Waals surface area contributed by atoms with Crippen molar-refractivity contribution in [3.05, 3.63) is 0 Å². The van der Waals surface area contributed by atoms with E-state index in [-0.39, 0.29) is 26.0 Å². The summed E-state index contributed by atoms with van der Waals surface area (Å²) in [7, 11) is 0. The molecule has 0 amide bonds. The summed E-state index contributed by atoms with van der Waals surface area (Å²) in [6.45, 7) is 0. The third kappa shape index (κ3) is 71.3. The minimum atomic E-state index is -0.263. The maximum absolute atomic E-state index is 2.32. The number of rotatable bonds is 0. The van der Waals surface area contributed by atoms with E-state index in [4.69, 9.17) is 0 Å². The fourth-order valence-electron chi connectivity index (χ4n) is 0. The molecule has 0 heterocycles. The molecule has 0 aliphatic heterocycles. The predicted octanol–water partition coefficient (Wildman–Crippen LogP) is 1.54. The Labute approximate surface area is 41.1 Å². The fourth-order valence-corrected chi connectivity index (χ4v) is 0. The van der Waals surface area contributed by atoms with E-state index in [9.17, 15) is 0 Å². The summed E-state index contributed by atoms with van der Waals surface area (Å²) in [4.78, 5) is 6.97. The first kappa shape index (κ1) is 9.19. The minimum Gasteiger partial charge on any atom is -0.344 e. The molecule has 0 saturated carbocycles. The maximum Gasteiger partial charge on any atom is -0.344 e. The zero-order chi connectivity index (χ0) is 3.58. The van der Waals surface area contributed by atoms with Gasteiger partial charge in [0.2, 0.25) is 0 Å². The average molecular weight is 189 g/mol. The number of halogens is 1.